The summed E-state index contributed by atoms with van der Waals surface area (Å²) in [6.07, 6.45) is 9.42. The number of amides is 1. The van der Waals surface area contributed by atoms with Crippen molar-refractivity contribution < 1.29 is 4.79 Å². The quantitative estimate of drug-likeness (QED) is 0.796. The standard InChI is InChI=1S/C13H24N2O/c1-15(11-6-3-2-4-7-11)12(16)13(10-14)8-5-9-13/h11H,2-10,14H2,1H3. The molecule has 2 fully saturated rings. The first-order chi connectivity index (χ1) is 7.69. The van der Waals surface area contributed by atoms with Crippen molar-refractivity contribution in [1.82, 2.24) is 4.90 Å². The molecule has 2 rings (SSSR count). The molecule has 0 aromatic heterocycles. The zero-order valence-corrected chi connectivity index (χ0v) is 10.4. The van der Waals surface area contributed by atoms with Gasteiger partial charge in [-0.1, -0.05) is 25.7 Å². The maximum absolute atomic E-state index is 12.4. The van der Waals surface area contributed by atoms with Crippen LogP contribution in [0.2, 0.25) is 0 Å². The Morgan fingerprint density at radius 2 is 1.88 bits per heavy atom. The first-order valence-corrected chi connectivity index (χ1v) is 6.67. The average molecular weight is 224 g/mol. The van der Waals surface area contributed by atoms with Gasteiger partial charge < -0.3 is 10.6 Å². The van der Waals surface area contributed by atoms with Crippen molar-refractivity contribution in [3.63, 3.8) is 0 Å². The lowest BCUT2D eigenvalue weighted by Crippen LogP contribution is -2.53. The molecule has 0 unspecified atom stereocenters. The van der Waals surface area contributed by atoms with Crippen LogP contribution in [0.5, 0.6) is 0 Å². The molecule has 0 spiro atoms. The third-order valence-electron chi connectivity index (χ3n) is 4.60. The highest BCUT2D eigenvalue weighted by Crippen LogP contribution is 2.42. The Bertz CT molecular complexity index is 249. The highest BCUT2D eigenvalue weighted by Gasteiger charge is 2.45. The summed E-state index contributed by atoms with van der Waals surface area (Å²) < 4.78 is 0. The van der Waals surface area contributed by atoms with Crippen LogP contribution in [-0.2, 0) is 4.79 Å². The summed E-state index contributed by atoms with van der Waals surface area (Å²) in [6, 6.07) is 0.477. The van der Waals surface area contributed by atoms with Gasteiger partial charge in [0.25, 0.3) is 0 Å². The summed E-state index contributed by atoms with van der Waals surface area (Å²) >= 11 is 0. The zero-order chi connectivity index (χ0) is 11.6. The summed E-state index contributed by atoms with van der Waals surface area (Å²) in [5, 5.41) is 0. The second-order valence-corrected chi connectivity index (χ2v) is 5.55. The predicted molar refractivity (Wildman–Crippen MR) is 65.0 cm³/mol. The highest BCUT2D eigenvalue weighted by atomic mass is 16.2. The van der Waals surface area contributed by atoms with E-state index < -0.39 is 0 Å². The number of nitrogens with two attached hydrogens (primary N) is 1. The van der Waals surface area contributed by atoms with Crippen LogP contribution in [0.15, 0.2) is 0 Å². The zero-order valence-electron chi connectivity index (χ0n) is 10.4. The largest absolute Gasteiger partial charge is 0.342 e. The van der Waals surface area contributed by atoms with Gasteiger partial charge in [-0.25, -0.2) is 0 Å². The van der Waals surface area contributed by atoms with Crippen molar-refractivity contribution in [3.05, 3.63) is 0 Å². The van der Waals surface area contributed by atoms with Crippen LogP contribution < -0.4 is 5.73 Å². The number of carbonyl (C=O) groups is 1. The minimum Gasteiger partial charge on any atom is -0.342 e. The summed E-state index contributed by atoms with van der Waals surface area (Å²) in [7, 11) is 1.98. The molecule has 1 amide bonds. The Kier molecular flexibility index (Phi) is 3.53. The van der Waals surface area contributed by atoms with E-state index >= 15 is 0 Å². The fraction of sp³-hybridized carbons (Fsp3) is 0.923. The minimum atomic E-state index is -0.188. The lowest BCUT2D eigenvalue weighted by Gasteiger charge is -2.44. The van der Waals surface area contributed by atoms with E-state index in [1.54, 1.807) is 0 Å². The smallest absolute Gasteiger partial charge is 0.230 e. The number of nitrogens with zero attached hydrogens (tertiary/aromatic N) is 1. The fourth-order valence-electron chi connectivity index (χ4n) is 3.12. The predicted octanol–water partition coefficient (Wildman–Crippen LogP) is 1.91. The van der Waals surface area contributed by atoms with E-state index in [2.05, 4.69) is 0 Å². The Hall–Kier alpha value is -0.570. The summed E-state index contributed by atoms with van der Waals surface area (Å²) in [4.78, 5) is 14.4. The molecule has 3 heteroatoms. The lowest BCUT2D eigenvalue weighted by molar-refractivity contribution is -0.148. The molecule has 16 heavy (non-hydrogen) atoms. The van der Waals surface area contributed by atoms with Crippen LogP contribution >= 0.6 is 0 Å². The Morgan fingerprint density at radius 3 is 2.31 bits per heavy atom. The number of carbonyl (C=O) groups excluding carboxylic acids is 1. The van der Waals surface area contributed by atoms with E-state index in [9.17, 15) is 4.79 Å². The van der Waals surface area contributed by atoms with Crippen molar-refractivity contribution in [1.29, 1.82) is 0 Å². The highest BCUT2D eigenvalue weighted by molar-refractivity contribution is 5.84. The van der Waals surface area contributed by atoms with Crippen LogP contribution in [0.3, 0.4) is 0 Å². The molecule has 0 aromatic rings. The van der Waals surface area contributed by atoms with Gasteiger partial charge in [-0.05, 0) is 25.7 Å². The topological polar surface area (TPSA) is 46.3 Å². The lowest BCUT2D eigenvalue weighted by atomic mass is 9.67. The monoisotopic (exact) mass is 224 g/mol. The second-order valence-electron chi connectivity index (χ2n) is 5.55. The van der Waals surface area contributed by atoms with Crippen LogP contribution in [-0.4, -0.2) is 30.4 Å². The second kappa shape index (κ2) is 4.74. The third-order valence-corrected chi connectivity index (χ3v) is 4.60. The molecule has 0 atom stereocenters. The molecule has 0 heterocycles. The van der Waals surface area contributed by atoms with Gasteiger partial charge in [0.2, 0.25) is 5.91 Å². The molecule has 2 saturated carbocycles. The van der Waals surface area contributed by atoms with Crippen molar-refractivity contribution in [3.8, 4) is 0 Å². The van der Waals surface area contributed by atoms with Crippen molar-refractivity contribution in [2.45, 2.75) is 57.4 Å². The number of hydrogen-bond donors (Lipinski definition) is 1. The van der Waals surface area contributed by atoms with Gasteiger partial charge in [-0.3, -0.25) is 4.79 Å². The molecule has 0 radical (unpaired) electrons. The van der Waals surface area contributed by atoms with Gasteiger partial charge in [0, 0.05) is 19.6 Å². The van der Waals surface area contributed by atoms with E-state index in [1.807, 2.05) is 11.9 Å². The molecule has 0 aromatic carbocycles. The van der Waals surface area contributed by atoms with Crippen LogP contribution in [0, 0.1) is 5.41 Å². The molecule has 2 aliphatic carbocycles. The Morgan fingerprint density at radius 1 is 1.25 bits per heavy atom. The van der Waals surface area contributed by atoms with Crippen molar-refractivity contribution in [2.24, 2.45) is 11.1 Å². The normalized spacial score (nSPS) is 24.9. The third kappa shape index (κ3) is 1.97. The van der Waals surface area contributed by atoms with Crippen LogP contribution in [0.4, 0.5) is 0 Å². The van der Waals surface area contributed by atoms with E-state index in [1.165, 1.54) is 38.5 Å². The molecule has 0 bridgehead atoms. The first-order valence-electron chi connectivity index (χ1n) is 6.67. The molecule has 0 aliphatic heterocycles. The molecule has 0 saturated heterocycles. The van der Waals surface area contributed by atoms with Crippen molar-refractivity contribution >= 4 is 5.91 Å². The molecule has 92 valence electrons. The van der Waals surface area contributed by atoms with Gasteiger partial charge in [0.1, 0.15) is 0 Å². The SMILES string of the molecule is CN(C(=O)C1(CN)CCC1)C1CCCCC1. The van der Waals surface area contributed by atoms with Gasteiger partial charge in [-0.2, -0.15) is 0 Å². The van der Waals surface area contributed by atoms with E-state index in [0.29, 0.717) is 18.5 Å². The van der Waals surface area contributed by atoms with Gasteiger partial charge in [-0.15, -0.1) is 0 Å². The maximum atomic E-state index is 12.4. The molecular formula is C13H24N2O. The minimum absolute atomic E-state index is 0.188. The summed E-state index contributed by atoms with van der Waals surface area (Å²) in [6.45, 7) is 0.531. The number of hydrogen-bond acceptors (Lipinski definition) is 2. The van der Waals surface area contributed by atoms with Crippen LogP contribution in [0.1, 0.15) is 51.4 Å². The Balaban J connectivity index is 1.97. The molecule has 2 aliphatic rings. The van der Waals surface area contributed by atoms with Gasteiger partial charge in [0.15, 0.2) is 0 Å². The van der Waals surface area contributed by atoms with Gasteiger partial charge >= 0.3 is 0 Å². The first kappa shape index (κ1) is 11.9. The fourth-order valence-corrected chi connectivity index (χ4v) is 3.12. The summed E-state index contributed by atoms with van der Waals surface area (Å²) in [5.74, 6) is 0.313. The molecular weight excluding hydrogens is 200 g/mol. The van der Waals surface area contributed by atoms with Crippen LogP contribution in [0.25, 0.3) is 0 Å². The Labute approximate surface area is 98.4 Å². The van der Waals surface area contributed by atoms with E-state index in [0.717, 1.165) is 12.8 Å². The van der Waals surface area contributed by atoms with Crippen molar-refractivity contribution in [2.75, 3.05) is 13.6 Å². The van der Waals surface area contributed by atoms with E-state index in [4.69, 9.17) is 5.73 Å². The number of rotatable bonds is 3. The summed E-state index contributed by atoms with van der Waals surface area (Å²) in [5.41, 5.74) is 5.60. The maximum Gasteiger partial charge on any atom is 0.230 e. The molecule has 2 N–H and O–H groups in total. The average Bonchev–Trinajstić information content (AvgIpc) is 2.28. The van der Waals surface area contributed by atoms with Gasteiger partial charge in [0.05, 0.1) is 5.41 Å². The molecule has 3 nitrogen and oxygen atoms in total. The van der Waals surface area contributed by atoms with E-state index in [-0.39, 0.29) is 5.41 Å².